The number of hydrogen-bond acceptors (Lipinski definition) is 2. The second-order valence-electron chi connectivity index (χ2n) is 6.37. The lowest BCUT2D eigenvalue weighted by molar-refractivity contribution is 0.181. The van der Waals surface area contributed by atoms with Crippen LogP contribution in [-0.4, -0.2) is 26.1 Å². The van der Waals surface area contributed by atoms with Gasteiger partial charge in [0.15, 0.2) is 8.32 Å². The van der Waals surface area contributed by atoms with Gasteiger partial charge in [-0.1, -0.05) is 46.5 Å². The summed E-state index contributed by atoms with van der Waals surface area (Å²) in [6.07, 6.45) is 0.193. The zero-order valence-electron chi connectivity index (χ0n) is 12.4. The maximum Gasteiger partial charge on any atom is 0.192 e. The Hall–Kier alpha value is -0.303. The molecule has 0 saturated carbocycles. The number of rotatable bonds is 4. The first-order chi connectivity index (χ1) is 7.58. The lowest BCUT2D eigenvalue weighted by atomic mass is 10.1. The van der Waals surface area contributed by atoms with Crippen molar-refractivity contribution in [2.45, 2.75) is 65.3 Å². The van der Waals surface area contributed by atoms with Gasteiger partial charge in [-0.3, -0.25) is 0 Å². The molecule has 0 aliphatic rings. The Bertz CT molecular complexity index is 279. The molecular formula is C14H28O2Si. The fourth-order valence-corrected chi connectivity index (χ4v) is 1.96. The average Bonchev–Trinajstić information content (AvgIpc) is 2.14. The summed E-state index contributed by atoms with van der Waals surface area (Å²) in [5.74, 6) is 6.03. The summed E-state index contributed by atoms with van der Waals surface area (Å²) in [6, 6.07) is 0. The van der Waals surface area contributed by atoms with E-state index < -0.39 is 14.4 Å². The molecule has 0 heterocycles. The standard InChI is InChI=1S/C14H28O2Si/c1-12(2)13(15)10-8-9-11-16-17(6,7)14(3,4)5/h12-13,15H,9,11H2,1-7H3/t13-/m1/s1. The Labute approximate surface area is 108 Å². The molecule has 17 heavy (non-hydrogen) atoms. The van der Waals surface area contributed by atoms with Crippen molar-refractivity contribution in [1.82, 2.24) is 0 Å². The Morgan fingerprint density at radius 1 is 1.24 bits per heavy atom. The van der Waals surface area contributed by atoms with Gasteiger partial charge in [-0.25, -0.2) is 0 Å². The van der Waals surface area contributed by atoms with Crippen LogP contribution in [0.3, 0.4) is 0 Å². The van der Waals surface area contributed by atoms with Crippen LogP contribution in [0.2, 0.25) is 18.1 Å². The fourth-order valence-electron chi connectivity index (χ4n) is 0.917. The number of aliphatic hydroxyl groups is 1. The molecule has 0 aromatic rings. The highest BCUT2D eigenvalue weighted by molar-refractivity contribution is 6.74. The van der Waals surface area contributed by atoms with Crippen LogP contribution in [0.1, 0.15) is 41.0 Å². The maximum absolute atomic E-state index is 9.51. The molecule has 0 bridgehead atoms. The summed E-state index contributed by atoms with van der Waals surface area (Å²) >= 11 is 0. The summed E-state index contributed by atoms with van der Waals surface area (Å²) in [6.45, 7) is 15.8. The predicted molar refractivity (Wildman–Crippen MR) is 76.4 cm³/mol. The zero-order valence-corrected chi connectivity index (χ0v) is 13.4. The Balaban J connectivity index is 4.02. The van der Waals surface area contributed by atoms with E-state index in [4.69, 9.17) is 4.43 Å². The molecule has 3 heteroatoms. The van der Waals surface area contributed by atoms with Gasteiger partial charge in [0.05, 0.1) is 0 Å². The first-order valence-corrected chi connectivity index (χ1v) is 9.29. The van der Waals surface area contributed by atoms with Crippen LogP contribution in [0.4, 0.5) is 0 Å². The van der Waals surface area contributed by atoms with E-state index in [0.717, 1.165) is 0 Å². The van der Waals surface area contributed by atoms with Gasteiger partial charge in [0.2, 0.25) is 0 Å². The second-order valence-corrected chi connectivity index (χ2v) is 11.2. The van der Waals surface area contributed by atoms with E-state index in [-0.39, 0.29) is 11.0 Å². The molecule has 0 fully saturated rings. The third-order valence-electron chi connectivity index (χ3n) is 3.38. The maximum atomic E-state index is 9.51. The third-order valence-corrected chi connectivity index (χ3v) is 7.92. The van der Waals surface area contributed by atoms with Crippen LogP contribution >= 0.6 is 0 Å². The molecule has 2 nitrogen and oxygen atoms in total. The Morgan fingerprint density at radius 3 is 2.18 bits per heavy atom. The van der Waals surface area contributed by atoms with Gasteiger partial charge in [0.1, 0.15) is 6.10 Å². The van der Waals surface area contributed by atoms with Crippen LogP contribution in [0, 0.1) is 17.8 Å². The highest BCUT2D eigenvalue weighted by Gasteiger charge is 2.36. The summed E-state index contributed by atoms with van der Waals surface area (Å²) in [5.41, 5.74) is 0. The monoisotopic (exact) mass is 256 g/mol. The summed E-state index contributed by atoms with van der Waals surface area (Å²) < 4.78 is 5.99. The van der Waals surface area contributed by atoms with Crippen molar-refractivity contribution in [2.75, 3.05) is 6.61 Å². The Morgan fingerprint density at radius 2 is 1.76 bits per heavy atom. The number of aliphatic hydroxyl groups excluding tert-OH is 1. The van der Waals surface area contributed by atoms with E-state index in [1.165, 1.54) is 0 Å². The molecule has 0 aromatic carbocycles. The first-order valence-electron chi connectivity index (χ1n) is 6.38. The van der Waals surface area contributed by atoms with Gasteiger partial charge >= 0.3 is 0 Å². The first kappa shape index (κ1) is 16.7. The highest BCUT2D eigenvalue weighted by Crippen LogP contribution is 2.36. The molecule has 0 aliphatic carbocycles. The molecule has 0 unspecified atom stereocenters. The van der Waals surface area contributed by atoms with E-state index in [2.05, 4.69) is 45.7 Å². The lowest BCUT2D eigenvalue weighted by Crippen LogP contribution is -2.40. The van der Waals surface area contributed by atoms with Crippen LogP contribution in [-0.2, 0) is 4.43 Å². The van der Waals surface area contributed by atoms with Crippen molar-refractivity contribution in [1.29, 1.82) is 0 Å². The van der Waals surface area contributed by atoms with Gasteiger partial charge in [-0.15, -0.1) is 0 Å². The summed E-state index contributed by atoms with van der Waals surface area (Å²) in [5, 5.41) is 9.76. The third kappa shape index (κ3) is 6.26. The van der Waals surface area contributed by atoms with Crippen molar-refractivity contribution >= 4 is 8.32 Å². The van der Waals surface area contributed by atoms with E-state index in [1.807, 2.05) is 13.8 Å². The van der Waals surface area contributed by atoms with Crippen LogP contribution in [0.5, 0.6) is 0 Å². The van der Waals surface area contributed by atoms with Crippen molar-refractivity contribution in [2.24, 2.45) is 5.92 Å². The van der Waals surface area contributed by atoms with Gasteiger partial charge in [0.25, 0.3) is 0 Å². The van der Waals surface area contributed by atoms with Crippen molar-refractivity contribution in [3.8, 4) is 11.8 Å². The van der Waals surface area contributed by atoms with Gasteiger partial charge < -0.3 is 9.53 Å². The molecule has 0 saturated heterocycles. The summed E-state index contributed by atoms with van der Waals surface area (Å²) in [4.78, 5) is 0. The lowest BCUT2D eigenvalue weighted by Gasteiger charge is -2.35. The SMILES string of the molecule is CC(C)[C@H](O)C#CCCO[Si](C)(C)C(C)(C)C. The van der Waals surface area contributed by atoms with Crippen molar-refractivity contribution in [3.05, 3.63) is 0 Å². The second kappa shape index (κ2) is 6.58. The zero-order chi connectivity index (χ0) is 13.7. The molecule has 0 aromatic heterocycles. The molecule has 1 N–H and O–H groups in total. The van der Waals surface area contributed by atoms with E-state index in [0.29, 0.717) is 13.0 Å². The van der Waals surface area contributed by atoms with Gasteiger partial charge in [0, 0.05) is 13.0 Å². The average molecular weight is 256 g/mol. The molecule has 0 radical (unpaired) electrons. The minimum atomic E-state index is -1.63. The topological polar surface area (TPSA) is 29.5 Å². The fraction of sp³-hybridized carbons (Fsp3) is 0.857. The Kier molecular flexibility index (Phi) is 6.46. The molecule has 0 amide bonds. The highest BCUT2D eigenvalue weighted by atomic mass is 28.4. The minimum Gasteiger partial charge on any atom is -0.416 e. The molecule has 1 atom stereocenters. The quantitative estimate of drug-likeness (QED) is 0.474. The van der Waals surface area contributed by atoms with E-state index in [9.17, 15) is 5.11 Å². The van der Waals surface area contributed by atoms with Crippen molar-refractivity contribution in [3.63, 3.8) is 0 Å². The number of hydrogen-bond donors (Lipinski definition) is 1. The smallest absolute Gasteiger partial charge is 0.192 e. The minimum absolute atomic E-state index is 0.198. The van der Waals surface area contributed by atoms with Crippen LogP contribution < -0.4 is 0 Å². The predicted octanol–water partition coefficient (Wildman–Crippen LogP) is 3.42. The molecule has 100 valence electrons. The van der Waals surface area contributed by atoms with Crippen LogP contribution in [0.15, 0.2) is 0 Å². The van der Waals surface area contributed by atoms with Crippen LogP contribution in [0.25, 0.3) is 0 Å². The van der Waals surface area contributed by atoms with Gasteiger partial charge in [-0.05, 0) is 24.1 Å². The normalized spacial score (nSPS) is 14.4. The van der Waals surface area contributed by atoms with Gasteiger partial charge in [-0.2, -0.15) is 0 Å². The van der Waals surface area contributed by atoms with E-state index in [1.54, 1.807) is 0 Å². The molecule has 0 spiro atoms. The van der Waals surface area contributed by atoms with Crippen molar-refractivity contribution < 1.29 is 9.53 Å². The molecular weight excluding hydrogens is 228 g/mol. The largest absolute Gasteiger partial charge is 0.416 e. The summed E-state index contributed by atoms with van der Waals surface area (Å²) in [7, 11) is -1.63. The molecule has 0 rings (SSSR count). The molecule has 0 aliphatic heterocycles. The van der Waals surface area contributed by atoms with E-state index >= 15 is 0 Å².